The van der Waals surface area contributed by atoms with Crippen LogP contribution in [0.4, 0.5) is 0 Å². The summed E-state index contributed by atoms with van der Waals surface area (Å²) in [5.41, 5.74) is 0. The van der Waals surface area contributed by atoms with E-state index in [0.717, 1.165) is 0 Å². The van der Waals surface area contributed by atoms with Crippen LogP contribution in [0.25, 0.3) is 0 Å². The minimum atomic E-state index is -3.67. The van der Waals surface area contributed by atoms with Crippen LogP contribution in [0.2, 0.25) is 0 Å². The summed E-state index contributed by atoms with van der Waals surface area (Å²) in [5, 5.41) is 8.55. The van der Waals surface area contributed by atoms with E-state index in [0.29, 0.717) is 4.47 Å². The summed E-state index contributed by atoms with van der Waals surface area (Å²) >= 11 is 3.17. The Morgan fingerprint density at radius 1 is 1.53 bits per heavy atom. The second kappa shape index (κ2) is 5.61. The molecular formula is C10H12BrNO4S. The maximum Gasteiger partial charge on any atom is 0.304 e. The fraction of sp³-hybridized carbons (Fsp3) is 0.300. The van der Waals surface area contributed by atoms with E-state index in [1.54, 1.807) is 12.1 Å². The molecule has 0 amide bonds. The number of rotatable bonds is 5. The number of benzene rings is 1. The van der Waals surface area contributed by atoms with Crippen LogP contribution in [0.15, 0.2) is 33.6 Å². The first kappa shape index (κ1) is 14.1. The highest BCUT2D eigenvalue weighted by atomic mass is 79.9. The lowest BCUT2D eigenvalue weighted by atomic mass is 10.3. The Bertz CT molecular complexity index is 515. The van der Waals surface area contributed by atoms with Crippen molar-refractivity contribution in [2.75, 3.05) is 0 Å². The molecule has 5 nitrogen and oxygen atoms in total. The number of sulfonamides is 1. The van der Waals surface area contributed by atoms with Gasteiger partial charge in [0.15, 0.2) is 0 Å². The van der Waals surface area contributed by atoms with Gasteiger partial charge in [-0.25, -0.2) is 13.1 Å². The third kappa shape index (κ3) is 4.45. The average molecular weight is 322 g/mol. The third-order valence-corrected chi connectivity index (χ3v) is 4.02. The van der Waals surface area contributed by atoms with Crippen molar-refractivity contribution in [1.82, 2.24) is 4.72 Å². The van der Waals surface area contributed by atoms with Crippen LogP contribution in [0.5, 0.6) is 0 Å². The molecule has 0 bridgehead atoms. The fourth-order valence-electron chi connectivity index (χ4n) is 1.27. The summed E-state index contributed by atoms with van der Waals surface area (Å²) in [4.78, 5) is 10.5. The molecule has 1 aromatic carbocycles. The van der Waals surface area contributed by atoms with Gasteiger partial charge in [0.25, 0.3) is 0 Å². The molecular weight excluding hydrogens is 310 g/mol. The molecule has 0 heterocycles. The van der Waals surface area contributed by atoms with Crippen molar-refractivity contribution < 1.29 is 18.3 Å². The fourth-order valence-corrected chi connectivity index (χ4v) is 3.11. The first-order valence-corrected chi connectivity index (χ1v) is 7.08. The monoisotopic (exact) mass is 321 g/mol. The first-order chi connectivity index (χ1) is 7.81. The second-order valence-electron chi connectivity index (χ2n) is 3.58. The van der Waals surface area contributed by atoms with Crippen molar-refractivity contribution in [3.63, 3.8) is 0 Å². The highest BCUT2D eigenvalue weighted by molar-refractivity contribution is 9.10. The number of hydrogen-bond acceptors (Lipinski definition) is 3. The molecule has 1 unspecified atom stereocenters. The molecule has 2 N–H and O–H groups in total. The van der Waals surface area contributed by atoms with E-state index in [4.69, 9.17) is 5.11 Å². The van der Waals surface area contributed by atoms with Crippen molar-refractivity contribution in [2.45, 2.75) is 24.3 Å². The molecule has 1 atom stereocenters. The maximum atomic E-state index is 11.9. The number of carboxylic acid groups (broad SMARTS) is 1. The highest BCUT2D eigenvalue weighted by Gasteiger charge is 2.18. The van der Waals surface area contributed by atoms with E-state index in [1.165, 1.54) is 19.1 Å². The Hall–Kier alpha value is -0.920. The number of hydrogen-bond donors (Lipinski definition) is 2. The van der Waals surface area contributed by atoms with Crippen molar-refractivity contribution in [2.24, 2.45) is 0 Å². The Morgan fingerprint density at radius 3 is 2.71 bits per heavy atom. The molecule has 17 heavy (non-hydrogen) atoms. The van der Waals surface area contributed by atoms with Gasteiger partial charge in [0.2, 0.25) is 10.0 Å². The Kier molecular flexibility index (Phi) is 4.67. The van der Waals surface area contributed by atoms with Crippen molar-refractivity contribution in [3.8, 4) is 0 Å². The van der Waals surface area contributed by atoms with Gasteiger partial charge in [-0.3, -0.25) is 4.79 Å². The summed E-state index contributed by atoms with van der Waals surface area (Å²) in [6.45, 7) is 1.50. The van der Waals surface area contributed by atoms with Crippen molar-refractivity contribution in [3.05, 3.63) is 28.7 Å². The Labute approximate surface area is 108 Å². The molecule has 0 aliphatic heterocycles. The lowest BCUT2D eigenvalue weighted by molar-refractivity contribution is -0.137. The van der Waals surface area contributed by atoms with E-state index in [9.17, 15) is 13.2 Å². The molecule has 1 aromatic rings. The molecule has 0 aliphatic rings. The topological polar surface area (TPSA) is 83.5 Å². The van der Waals surface area contributed by atoms with Crippen LogP contribution in [0.1, 0.15) is 13.3 Å². The van der Waals surface area contributed by atoms with Crippen LogP contribution in [-0.2, 0) is 14.8 Å². The molecule has 0 saturated carbocycles. The first-order valence-electron chi connectivity index (χ1n) is 4.81. The lowest BCUT2D eigenvalue weighted by Gasteiger charge is -2.12. The quantitative estimate of drug-likeness (QED) is 0.862. The lowest BCUT2D eigenvalue weighted by Crippen LogP contribution is -2.34. The van der Waals surface area contributed by atoms with Gasteiger partial charge < -0.3 is 5.11 Å². The predicted octanol–water partition coefficient (Wildman–Crippen LogP) is 1.59. The van der Waals surface area contributed by atoms with Gasteiger partial charge in [-0.1, -0.05) is 22.0 Å². The molecule has 0 saturated heterocycles. The summed E-state index contributed by atoms with van der Waals surface area (Å²) in [6.07, 6.45) is -0.257. The van der Waals surface area contributed by atoms with E-state index >= 15 is 0 Å². The van der Waals surface area contributed by atoms with E-state index in [2.05, 4.69) is 20.7 Å². The highest BCUT2D eigenvalue weighted by Crippen LogP contribution is 2.16. The van der Waals surface area contributed by atoms with Gasteiger partial charge in [0, 0.05) is 10.5 Å². The molecule has 0 radical (unpaired) electrons. The minimum absolute atomic E-state index is 0.101. The van der Waals surface area contributed by atoms with Crippen LogP contribution in [0, 0.1) is 0 Å². The normalized spacial score (nSPS) is 13.3. The van der Waals surface area contributed by atoms with E-state index < -0.39 is 22.0 Å². The van der Waals surface area contributed by atoms with Gasteiger partial charge >= 0.3 is 5.97 Å². The zero-order valence-corrected chi connectivity index (χ0v) is 11.5. The van der Waals surface area contributed by atoms with Crippen molar-refractivity contribution >= 4 is 31.9 Å². The maximum absolute atomic E-state index is 11.9. The molecule has 7 heteroatoms. The summed E-state index contributed by atoms with van der Waals surface area (Å²) in [7, 11) is -3.67. The number of carboxylic acids is 1. The van der Waals surface area contributed by atoms with Crippen LogP contribution >= 0.6 is 15.9 Å². The van der Waals surface area contributed by atoms with Gasteiger partial charge in [0.05, 0.1) is 11.3 Å². The summed E-state index contributed by atoms with van der Waals surface area (Å²) in [5.74, 6) is -1.05. The molecule has 94 valence electrons. The molecule has 0 spiro atoms. The van der Waals surface area contributed by atoms with Crippen molar-refractivity contribution in [1.29, 1.82) is 0 Å². The van der Waals surface area contributed by atoms with Gasteiger partial charge in [-0.05, 0) is 25.1 Å². The third-order valence-electron chi connectivity index (χ3n) is 1.94. The molecule has 1 rings (SSSR count). The zero-order chi connectivity index (χ0) is 13.1. The molecule has 0 aromatic heterocycles. The van der Waals surface area contributed by atoms with Gasteiger partial charge in [0.1, 0.15) is 0 Å². The van der Waals surface area contributed by atoms with E-state index in [-0.39, 0.29) is 11.3 Å². The smallest absolute Gasteiger partial charge is 0.304 e. The molecule has 0 aliphatic carbocycles. The average Bonchev–Trinajstić information content (AvgIpc) is 2.15. The minimum Gasteiger partial charge on any atom is -0.481 e. The number of nitrogens with one attached hydrogen (secondary N) is 1. The van der Waals surface area contributed by atoms with E-state index in [1.807, 2.05) is 0 Å². The summed E-state index contributed by atoms with van der Waals surface area (Å²) in [6, 6.07) is 5.55. The Balaban J connectivity index is 2.86. The zero-order valence-electron chi connectivity index (χ0n) is 9.05. The summed E-state index contributed by atoms with van der Waals surface area (Å²) < 4.78 is 26.6. The number of halogens is 1. The second-order valence-corrected chi connectivity index (χ2v) is 6.21. The Morgan fingerprint density at radius 2 is 2.18 bits per heavy atom. The van der Waals surface area contributed by atoms with Gasteiger partial charge in [-0.15, -0.1) is 0 Å². The SMILES string of the molecule is CC(CC(=O)O)NS(=O)(=O)c1cccc(Br)c1. The largest absolute Gasteiger partial charge is 0.481 e. The van der Waals surface area contributed by atoms with Crippen LogP contribution < -0.4 is 4.72 Å². The number of aliphatic carboxylic acids is 1. The van der Waals surface area contributed by atoms with Gasteiger partial charge in [-0.2, -0.15) is 0 Å². The predicted molar refractivity (Wildman–Crippen MR) is 66.2 cm³/mol. The number of carbonyl (C=O) groups is 1. The van der Waals surface area contributed by atoms with Crippen LogP contribution in [-0.4, -0.2) is 25.5 Å². The molecule has 0 fully saturated rings. The van der Waals surface area contributed by atoms with Crippen LogP contribution in [0.3, 0.4) is 0 Å². The standard InChI is InChI=1S/C10H12BrNO4S/c1-7(5-10(13)14)12-17(15,16)9-4-2-3-8(11)6-9/h2-4,6-7,12H,5H2,1H3,(H,13,14).